The van der Waals surface area contributed by atoms with Gasteiger partial charge in [0.05, 0.1) is 19.3 Å². The second-order valence-corrected chi connectivity index (χ2v) is 6.81. The maximum Gasteiger partial charge on any atom is 0.220 e. The molecular weight excluding hydrogens is 308 g/mol. The molecule has 2 N–H and O–H groups in total. The summed E-state index contributed by atoms with van der Waals surface area (Å²) in [7, 11) is 0. The highest BCUT2D eigenvalue weighted by molar-refractivity contribution is 5.84. The second kappa shape index (κ2) is 10.7. The van der Waals surface area contributed by atoms with Crippen LogP contribution >= 0.6 is 0 Å². The zero-order valence-electron chi connectivity index (χ0n) is 14.9. The molecule has 2 rings (SSSR count). The van der Waals surface area contributed by atoms with E-state index in [0.29, 0.717) is 19.8 Å². The number of ether oxygens (including phenoxy) is 2. The highest BCUT2D eigenvalue weighted by atomic mass is 16.5. The summed E-state index contributed by atoms with van der Waals surface area (Å²) in [5.41, 5.74) is 0. The quantitative estimate of drug-likeness (QED) is 0.742. The van der Waals surface area contributed by atoms with Crippen molar-refractivity contribution in [2.24, 2.45) is 0 Å². The van der Waals surface area contributed by atoms with Gasteiger partial charge >= 0.3 is 0 Å². The van der Waals surface area contributed by atoms with Crippen molar-refractivity contribution in [3.05, 3.63) is 0 Å². The van der Waals surface area contributed by atoms with Gasteiger partial charge in [-0.05, 0) is 19.8 Å². The van der Waals surface area contributed by atoms with Crippen molar-refractivity contribution >= 4 is 11.8 Å². The van der Waals surface area contributed by atoms with E-state index >= 15 is 0 Å². The molecule has 0 radical (unpaired) electrons. The molecule has 0 unspecified atom stereocenters. The average Bonchev–Trinajstić information content (AvgIpc) is 2.95. The molecule has 138 valence electrons. The van der Waals surface area contributed by atoms with Crippen LogP contribution in [0.5, 0.6) is 0 Å². The van der Waals surface area contributed by atoms with Crippen molar-refractivity contribution in [2.45, 2.75) is 82.9 Å². The Morgan fingerprint density at radius 2 is 1.58 bits per heavy atom. The fraction of sp³-hybridized carbons (Fsp3) is 0.889. The van der Waals surface area contributed by atoms with E-state index in [2.05, 4.69) is 10.6 Å². The van der Waals surface area contributed by atoms with Crippen LogP contribution in [0.3, 0.4) is 0 Å². The molecule has 2 atom stereocenters. The SMILES string of the molecule is CCO[C@@H]1COC[C@H]1NC(=O)CCC(=O)NC1CCCCCCC1. The number of nitrogens with one attached hydrogen (secondary N) is 2. The molecule has 6 heteroatoms. The molecule has 2 fully saturated rings. The van der Waals surface area contributed by atoms with Crippen LogP contribution in [0.25, 0.3) is 0 Å². The standard InChI is InChI=1S/C18H32N2O4/c1-2-24-16-13-23-12-15(16)20-18(22)11-10-17(21)19-14-8-6-4-3-5-7-9-14/h14-16H,2-13H2,1H3,(H,19,21)(H,20,22)/t15-,16-/m1/s1. The first-order valence-electron chi connectivity index (χ1n) is 9.47. The Bertz CT molecular complexity index is 394. The molecule has 2 aliphatic rings. The van der Waals surface area contributed by atoms with E-state index in [0.717, 1.165) is 12.8 Å². The summed E-state index contributed by atoms with van der Waals surface area (Å²) in [5.74, 6) is -0.122. The number of amides is 2. The smallest absolute Gasteiger partial charge is 0.220 e. The fourth-order valence-corrected chi connectivity index (χ4v) is 3.45. The first-order chi connectivity index (χ1) is 11.7. The van der Waals surface area contributed by atoms with Gasteiger partial charge in [-0.1, -0.05) is 32.1 Å². The summed E-state index contributed by atoms with van der Waals surface area (Å²) in [6.07, 6.45) is 8.72. The minimum atomic E-state index is -0.108. The van der Waals surface area contributed by atoms with Gasteiger partial charge in [-0.15, -0.1) is 0 Å². The van der Waals surface area contributed by atoms with Crippen LogP contribution in [-0.4, -0.2) is 49.8 Å². The topological polar surface area (TPSA) is 76.7 Å². The van der Waals surface area contributed by atoms with Crippen molar-refractivity contribution in [2.75, 3.05) is 19.8 Å². The lowest BCUT2D eigenvalue weighted by atomic mass is 9.96. The molecule has 2 amide bonds. The normalized spacial score (nSPS) is 25.7. The van der Waals surface area contributed by atoms with Gasteiger partial charge in [-0.3, -0.25) is 9.59 Å². The summed E-state index contributed by atoms with van der Waals surface area (Å²) in [6.45, 7) is 3.52. The number of rotatable bonds is 7. The largest absolute Gasteiger partial charge is 0.376 e. The zero-order chi connectivity index (χ0) is 17.2. The third kappa shape index (κ3) is 6.77. The molecule has 24 heavy (non-hydrogen) atoms. The monoisotopic (exact) mass is 340 g/mol. The predicted molar refractivity (Wildman–Crippen MR) is 91.6 cm³/mol. The first-order valence-corrected chi connectivity index (χ1v) is 9.47. The lowest BCUT2D eigenvalue weighted by molar-refractivity contribution is -0.127. The summed E-state index contributed by atoms with van der Waals surface area (Å²) < 4.78 is 10.9. The summed E-state index contributed by atoms with van der Waals surface area (Å²) in [6, 6.07) is 0.178. The van der Waals surface area contributed by atoms with Gasteiger partial charge in [0.15, 0.2) is 0 Å². The molecule has 1 heterocycles. The zero-order valence-corrected chi connectivity index (χ0v) is 14.9. The third-order valence-corrected chi connectivity index (χ3v) is 4.80. The van der Waals surface area contributed by atoms with Crippen LogP contribution in [0.4, 0.5) is 0 Å². The molecule has 1 aliphatic heterocycles. The van der Waals surface area contributed by atoms with Crippen molar-refractivity contribution in [1.29, 1.82) is 0 Å². The van der Waals surface area contributed by atoms with E-state index in [4.69, 9.17) is 9.47 Å². The van der Waals surface area contributed by atoms with Gasteiger partial charge in [0.25, 0.3) is 0 Å². The Morgan fingerprint density at radius 1 is 0.958 bits per heavy atom. The molecule has 0 aromatic heterocycles. The van der Waals surface area contributed by atoms with Crippen LogP contribution in [-0.2, 0) is 19.1 Å². The van der Waals surface area contributed by atoms with Crippen LogP contribution in [0.15, 0.2) is 0 Å². The second-order valence-electron chi connectivity index (χ2n) is 6.81. The lowest BCUT2D eigenvalue weighted by Gasteiger charge is -2.21. The maximum atomic E-state index is 12.1. The highest BCUT2D eigenvalue weighted by Crippen LogP contribution is 2.17. The molecule has 1 saturated heterocycles. The van der Waals surface area contributed by atoms with Crippen molar-refractivity contribution in [1.82, 2.24) is 10.6 Å². The van der Waals surface area contributed by atoms with E-state index in [1.54, 1.807) is 0 Å². The molecule has 1 aliphatic carbocycles. The van der Waals surface area contributed by atoms with Crippen molar-refractivity contribution in [3.8, 4) is 0 Å². The van der Waals surface area contributed by atoms with Crippen LogP contribution in [0, 0.1) is 0 Å². The fourth-order valence-electron chi connectivity index (χ4n) is 3.45. The highest BCUT2D eigenvalue weighted by Gasteiger charge is 2.30. The third-order valence-electron chi connectivity index (χ3n) is 4.80. The van der Waals surface area contributed by atoms with Gasteiger partial charge < -0.3 is 20.1 Å². The lowest BCUT2D eigenvalue weighted by Crippen LogP contribution is -2.44. The molecule has 6 nitrogen and oxygen atoms in total. The van der Waals surface area contributed by atoms with Crippen molar-refractivity contribution in [3.63, 3.8) is 0 Å². The Balaban J connectivity index is 1.64. The Kier molecular flexibility index (Phi) is 8.53. The van der Waals surface area contributed by atoms with E-state index in [-0.39, 0.29) is 42.8 Å². The average molecular weight is 340 g/mol. The van der Waals surface area contributed by atoms with Gasteiger partial charge in [0, 0.05) is 25.5 Å². The minimum absolute atomic E-state index is 0.0141. The molecule has 0 spiro atoms. The van der Waals surface area contributed by atoms with Gasteiger partial charge in [0.1, 0.15) is 6.10 Å². The number of carbonyl (C=O) groups excluding carboxylic acids is 2. The maximum absolute atomic E-state index is 12.1. The predicted octanol–water partition coefficient (Wildman–Crippen LogP) is 1.92. The van der Waals surface area contributed by atoms with Crippen molar-refractivity contribution < 1.29 is 19.1 Å². The number of hydrogen-bond donors (Lipinski definition) is 2. The number of carbonyl (C=O) groups is 2. The van der Waals surface area contributed by atoms with E-state index in [1.807, 2.05) is 6.92 Å². The van der Waals surface area contributed by atoms with Gasteiger partial charge in [0.2, 0.25) is 11.8 Å². The Hall–Kier alpha value is -1.14. The molecular formula is C18H32N2O4. The number of hydrogen-bond acceptors (Lipinski definition) is 4. The van der Waals surface area contributed by atoms with Crippen LogP contribution in [0.2, 0.25) is 0 Å². The molecule has 0 aromatic rings. The van der Waals surface area contributed by atoms with E-state index in [9.17, 15) is 9.59 Å². The summed E-state index contributed by atoms with van der Waals surface area (Å²) in [5, 5.41) is 6.02. The first kappa shape index (κ1) is 19.2. The van der Waals surface area contributed by atoms with Crippen LogP contribution in [0.1, 0.15) is 64.7 Å². The molecule has 0 bridgehead atoms. The Morgan fingerprint density at radius 3 is 2.25 bits per heavy atom. The minimum Gasteiger partial charge on any atom is -0.376 e. The summed E-state index contributed by atoms with van der Waals surface area (Å²) >= 11 is 0. The Labute approximate surface area is 145 Å². The van der Waals surface area contributed by atoms with E-state index in [1.165, 1.54) is 32.1 Å². The summed E-state index contributed by atoms with van der Waals surface area (Å²) in [4.78, 5) is 24.1. The molecule has 0 aromatic carbocycles. The van der Waals surface area contributed by atoms with Gasteiger partial charge in [-0.2, -0.15) is 0 Å². The molecule has 1 saturated carbocycles. The van der Waals surface area contributed by atoms with Crippen LogP contribution < -0.4 is 10.6 Å². The van der Waals surface area contributed by atoms with Gasteiger partial charge in [-0.25, -0.2) is 0 Å². The van der Waals surface area contributed by atoms with E-state index < -0.39 is 0 Å².